The van der Waals surface area contributed by atoms with Gasteiger partial charge in [-0.15, -0.1) is 0 Å². The molecule has 1 amide bonds. The molecule has 0 fully saturated rings. The minimum Gasteiger partial charge on any atom is -0.399 e. The first-order valence-electron chi connectivity index (χ1n) is 6.18. The standard InChI is InChI=1S/C14H22N2O/c1-4-13(5-2)16(3)14(17)10-11-7-6-8-12(15)9-11/h6-9,13H,4-5,10,15H2,1-3H3. The Morgan fingerprint density at radius 3 is 2.53 bits per heavy atom. The van der Waals surface area contributed by atoms with Gasteiger partial charge in [-0.2, -0.15) is 0 Å². The Morgan fingerprint density at radius 2 is 2.00 bits per heavy atom. The van der Waals surface area contributed by atoms with Crippen molar-refractivity contribution in [3.05, 3.63) is 29.8 Å². The number of amides is 1. The Bertz CT molecular complexity index is 372. The van der Waals surface area contributed by atoms with Crippen LogP contribution in [0.4, 0.5) is 5.69 Å². The van der Waals surface area contributed by atoms with Crippen molar-refractivity contribution in [1.29, 1.82) is 0 Å². The molecule has 3 heteroatoms. The van der Waals surface area contributed by atoms with Gasteiger partial charge in [0.15, 0.2) is 0 Å². The summed E-state index contributed by atoms with van der Waals surface area (Å²) in [5, 5.41) is 0. The van der Waals surface area contributed by atoms with E-state index < -0.39 is 0 Å². The summed E-state index contributed by atoms with van der Waals surface area (Å²) in [5.41, 5.74) is 7.39. The molecule has 94 valence electrons. The van der Waals surface area contributed by atoms with Crippen LogP contribution in [0.1, 0.15) is 32.3 Å². The lowest BCUT2D eigenvalue weighted by Crippen LogP contribution is -2.37. The number of nitrogen functional groups attached to an aromatic ring is 1. The van der Waals surface area contributed by atoms with Crippen molar-refractivity contribution in [1.82, 2.24) is 4.90 Å². The predicted molar refractivity (Wildman–Crippen MR) is 71.7 cm³/mol. The van der Waals surface area contributed by atoms with Crippen molar-refractivity contribution in [2.24, 2.45) is 0 Å². The molecule has 0 radical (unpaired) electrons. The van der Waals surface area contributed by atoms with Gasteiger partial charge in [0.25, 0.3) is 0 Å². The van der Waals surface area contributed by atoms with Crippen LogP contribution < -0.4 is 5.73 Å². The minimum absolute atomic E-state index is 0.157. The summed E-state index contributed by atoms with van der Waals surface area (Å²) >= 11 is 0. The van der Waals surface area contributed by atoms with E-state index >= 15 is 0 Å². The van der Waals surface area contributed by atoms with Crippen molar-refractivity contribution < 1.29 is 4.79 Å². The fraction of sp³-hybridized carbons (Fsp3) is 0.500. The molecule has 1 aromatic rings. The summed E-state index contributed by atoms with van der Waals surface area (Å²) < 4.78 is 0. The SMILES string of the molecule is CCC(CC)N(C)C(=O)Cc1cccc(N)c1. The van der Waals surface area contributed by atoms with E-state index in [9.17, 15) is 4.79 Å². The van der Waals surface area contributed by atoms with Gasteiger partial charge in [0.1, 0.15) is 0 Å². The fourth-order valence-corrected chi connectivity index (χ4v) is 2.04. The third kappa shape index (κ3) is 3.77. The van der Waals surface area contributed by atoms with Gasteiger partial charge in [-0.1, -0.05) is 26.0 Å². The molecule has 0 aromatic heterocycles. The highest BCUT2D eigenvalue weighted by Gasteiger charge is 2.16. The van der Waals surface area contributed by atoms with E-state index in [0.29, 0.717) is 18.2 Å². The number of rotatable bonds is 5. The summed E-state index contributed by atoms with van der Waals surface area (Å²) in [7, 11) is 1.88. The summed E-state index contributed by atoms with van der Waals surface area (Å²) in [6, 6.07) is 7.85. The molecule has 0 saturated heterocycles. The Kier molecular flexibility index (Phi) is 5.01. The first-order chi connectivity index (χ1) is 8.08. The van der Waals surface area contributed by atoms with Crippen molar-refractivity contribution in [2.75, 3.05) is 12.8 Å². The van der Waals surface area contributed by atoms with Gasteiger partial charge >= 0.3 is 0 Å². The van der Waals surface area contributed by atoms with E-state index in [1.807, 2.05) is 36.2 Å². The number of likely N-dealkylation sites (N-methyl/N-ethyl adjacent to an activating group) is 1. The Morgan fingerprint density at radius 1 is 1.35 bits per heavy atom. The molecule has 0 saturated carbocycles. The Hall–Kier alpha value is -1.51. The second-order valence-electron chi connectivity index (χ2n) is 4.40. The first-order valence-corrected chi connectivity index (χ1v) is 6.18. The van der Waals surface area contributed by atoms with Crippen LogP contribution in [0, 0.1) is 0 Å². The molecule has 0 spiro atoms. The van der Waals surface area contributed by atoms with Crippen LogP contribution in [0.5, 0.6) is 0 Å². The van der Waals surface area contributed by atoms with Gasteiger partial charge in [0.05, 0.1) is 6.42 Å². The van der Waals surface area contributed by atoms with E-state index in [2.05, 4.69) is 13.8 Å². The maximum absolute atomic E-state index is 12.1. The molecule has 0 aliphatic rings. The van der Waals surface area contributed by atoms with Crippen molar-refractivity contribution in [2.45, 2.75) is 39.2 Å². The fourth-order valence-electron chi connectivity index (χ4n) is 2.04. The molecule has 0 unspecified atom stereocenters. The molecule has 3 nitrogen and oxygen atoms in total. The van der Waals surface area contributed by atoms with Crippen LogP contribution in [0.2, 0.25) is 0 Å². The molecule has 1 aromatic carbocycles. The molecule has 0 bridgehead atoms. The molecule has 0 heterocycles. The monoisotopic (exact) mass is 234 g/mol. The topological polar surface area (TPSA) is 46.3 Å². The van der Waals surface area contributed by atoms with Crippen molar-refractivity contribution in [3.8, 4) is 0 Å². The van der Waals surface area contributed by atoms with Crippen molar-refractivity contribution in [3.63, 3.8) is 0 Å². The molecule has 0 aliphatic carbocycles. The Labute approximate surface area is 104 Å². The normalized spacial score (nSPS) is 10.6. The molecular weight excluding hydrogens is 212 g/mol. The summed E-state index contributed by atoms with van der Waals surface area (Å²) in [4.78, 5) is 13.9. The van der Waals surface area contributed by atoms with E-state index in [-0.39, 0.29) is 5.91 Å². The number of carbonyl (C=O) groups is 1. The number of hydrogen-bond donors (Lipinski definition) is 1. The second-order valence-corrected chi connectivity index (χ2v) is 4.40. The number of benzene rings is 1. The lowest BCUT2D eigenvalue weighted by molar-refractivity contribution is -0.131. The highest BCUT2D eigenvalue weighted by molar-refractivity contribution is 5.79. The smallest absolute Gasteiger partial charge is 0.226 e. The van der Waals surface area contributed by atoms with E-state index in [4.69, 9.17) is 5.73 Å². The third-order valence-electron chi connectivity index (χ3n) is 3.19. The number of carbonyl (C=O) groups excluding carboxylic acids is 1. The van der Waals surface area contributed by atoms with Gasteiger partial charge in [-0.3, -0.25) is 4.79 Å². The molecule has 0 atom stereocenters. The number of nitrogens with zero attached hydrogens (tertiary/aromatic N) is 1. The largest absolute Gasteiger partial charge is 0.399 e. The minimum atomic E-state index is 0.157. The van der Waals surface area contributed by atoms with Crippen LogP contribution >= 0.6 is 0 Å². The van der Waals surface area contributed by atoms with Crippen LogP contribution in [-0.4, -0.2) is 23.9 Å². The maximum Gasteiger partial charge on any atom is 0.226 e. The number of hydrogen-bond acceptors (Lipinski definition) is 2. The molecule has 2 N–H and O–H groups in total. The lowest BCUT2D eigenvalue weighted by atomic mass is 10.1. The van der Waals surface area contributed by atoms with Crippen LogP contribution in [-0.2, 0) is 11.2 Å². The van der Waals surface area contributed by atoms with Gasteiger partial charge in [0, 0.05) is 18.8 Å². The third-order valence-corrected chi connectivity index (χ3v) is 3.19. The zero-order valence-electron chi connectivity index (χ0n) is 10.9. The Balaban J connectivity index is 2.65. The quantitative estimate of drug-likeness (QED) is 0.795. The first kappa shape index (κ1) is 13.6. The average Bonchev–Trinajstić information content (AvgIpc) is 2.30. The van der Waals surface area contributed by atoms with Crippen molar-refractivity contribution >= 4 is 11.6 Å². The zero-order chi connectivity index (χ0) is 12.8. The highest BCUT2D eigenvalue weighted by Crippen LogP contribution is 2.11. The van der Waals surface area contributed by atoms with Crippen LogP contribution in [0.3, 0.4) is 0 Å². The van der Waals surface area contributed by atoms with E-state index in [1.165, 1.54) is 0 Å². The lowest BCUT2D eigenvalue weighted by Gasteiger charge is -2.26. The zero-order valence-corrected chi connectivity index (χ0v) is 10.9. The van der Waals surface area contributed by atoms with E-state index in [0.717, 1.165) is 18.4 Å². The molecule has 0 aliphatic heterocycles. The van der Waals surface area contributed by atoms with Gasteiger partial charge < -0.3 is 10.6 Å². The van der Waals surface area contributed by atoms with Crippen LogP contribution in [0.15, 0.2) is 24.3 Å². The molecule has 17 heavy (non-hydrogen) atoms. The number of nitrogens with two attached hydrogens (primary N) is 1. The number of anilines is 1. The van der Waals surface area contributed by atoms with E-state index in [1.54, 1.807) is 0 Å². The predicted octanol–water partition coefficient (Wildman–Crippen LogP) is 2.46. The summed E-state index contributed by atoms with van der Waals surface area (Å²) in [6.07, 6.45) is 2.42. The maximum atomic E-state index is 12.1. The van der Waals surface area contributed by atoms with Gasteiger partial charge in [0.2, 0.25) is 5.91 Å². The second kappa shape index (κ2) is 6.28. The highest BCUT2D eigenvalue weighted by atomic mass is 16.2. The molecular formula is C14H22N2O. The molecule has 1 rings (SSSR count). The summed E-state index contributed by atoms with van der Waals surface area (Å²) in [6.45, 7) is 4.22. The van der Waals surface area contributed by atoms with Crippen LogP contribution in [0.25, 0.3) is 0 Å². The summed E-state index contributed by atoms with van der Waals surface area (Å²) in [5.74, 6) is 0.157. The van der Waals surface area contributed by atoms with Gasteiger partial charge in [-0.25, -0.2) is 0 Å². The van der Waals surface area contributed by atoms with Gasteiger partial charge in [-0.05, 0) is 30.5 Å². The average molecular weight is 234 g/mol.